The molecule has 110 valence electrons. The summed E-state index contributed by atoms with van der Waals surface area (Å²) >= 11 is 0. The van der Waals surface area contributed by atoms with Crippen molar-refractivity contribution in [2.24, 2.45) is 22.4 Å². The molecule has 6 heteroatoms. The van der Waals surface area contributed by atoms with Gasteiger partial charge in [0.2, 0.25) is 0 Å². The van der Waals surface area contributed by atoms with Gasteiger partial charge in [0, 0.05) is 5.92 Å². The van der Waals surface area contributed by atoms with Crippen molar-refractivity contribution in [1.82, 2.24) is 0 Å². The Labute approximate surface area is 117 Å². The predicted molar refractivity (Wildman–Crippen MR) is 68.8 cm³/mol. The zero-order chi connectivity index (χ0) is 14.3. The molecule has 20 heavy (non-hydrogen) atoms. The molecule has 2 saturated carbocycles. The molecule has 0 spiro atoms. The van der Waals surface area contributed by atoms with Crippen LogP contribution in [0.5, 0.6) is 0 Å². The van der Waals surface area contributed by atoms with Gasteiger partial charge in [0.25, 0.3) is 0 Å². The Bertz CT molecular complexity index is 456. The van der Waals surface area contributed by atoms with Gasteiger partial charge in [0.05, 0.1) is 19.9 Å². The molecule has 0 aromatic carbocycles. The van der Waals surface area contributed by atoms with Gasteiger partial charge in [-0.3, -0.25) is 9.59 Å². The van der Waals surface area contributed by atoms with E-state index in [0.717, 1.165) is 25.0 Å². The van der Waals surface area contributed by atoms with Crippen LogP contribution in [0.4, 0.5) is 0 Å². The number of rotatable bonds is 2. The Hall–Kier alpha value is -1.59. The van der Waals surface area contributed by atoms with E-state index < -0.39 is 17.4 Å². The van der Waals surface area contributed by atoms with Gasteiger partial charge < -0.3 is 14.3 Å². The number of carbonyl (C=O) groups excluding carboxylic acids is 2. The molecule has 0 amide bonds. The second-order valence-electron chi connectivity index (χ2n) is 5.74. The van der Waals surface area contributed by atoms with Crippen molar-refractivity contribution in [3.8, 4) is 0 Å². The van der Waals surface area contributed by atoms with E-state index in [1.807, 2.05) is 0 Å². The maximum Gasteiger partial charge on any atom is 0.323 e. The van der Waals surface area contributed by atoms with Crippen molar-refractivity contribution < 1.29 is 23.9 Å². The first kappa shape index (κ1) is 13.4. The van der Waals surface area contributed by atoms with Gasteiger partial charge in [-0.25, -0.2) is 0 Å². The summed E-state index contributed by atoms with van der Waals surface area (Å²) in [5, 5.41) is 4.15. The van der Waals surface area contributed by atoms with Crippen LogP contribution < -0.4 is 0 Å². The van der Waals surface area contributed by atoms with Crippen LogP contribution in [0.15, 0.2) is 5.16 Å². The maximum absolute atomic E-state index is 12.4. The van der Waals surface area contributed by atoms with Crippen LogP contribution in [-0.4, -0.2) is 38.0 Å². The first-order valence-electron chi connectivity index (χ1n) is 7.04. The largest absolute Gasteiger partial charge is 0.468 e. The zero-order valence-electron chi connectivity index (χ0n) is 11.8. The fourth-order valence-electron chi connectivity index (χ4n) is 4.18. The molecule has 3 rings (SSSR count). The molecule has 0 bridgehead atoms. The number of ether oxygens (including phenoxy) is 2. The summed E-state index contributed by atoms with van der Waals surface area (Å²) in [6.07, 6.45) is 3.52. The maximum atomic E-state index is 12.4. The number of methoxy groups -OCH3 is 2. The molecule has 1 heterocycles. The molecule has 1 aliphatic heterocycles. The van der Waals surface area contributed by atoms with Crippen molar-refractivity contribution in [1.29, 1.82) is 0 Å². The van der Waals surface area contributed by atoms with Crippen molar-refractivity contribution in [3.63, 3.8) is 0 Å². The smallest absolute Gasteiger partial charge is 0.323 e. The summed E-state index contributed by atoms with van der Waals surface area (Å²) in [7, 11) is 2.65. The first-order chi connectivity index (χ1) is 9.65. The molecular formula is C14H19NO5. The van der Waals surface area contributed by atoms with Gasteiger partial charge in [0.1, 0.15) is 6.10 Å². The number of nitrogens with zero attached hydrogens (tertiary/aromatic N) is 1. The van der Waals surface area contributed by atoms with Gasteiger partial charge in [-0.15, -0.1) is 0 Å². The molecule has 0 aromatic rings. The summed E-state index contributed by atoms with van der Waals surface area (Å²) in [6, 6.07) is 0. The Balaban J connectivity index is 2.06. The van der Waals surface area contributed by atoms with Gasteiger partial charge in [-0.1, -0.05) is 5.16 Å². The highest BCUT2D eigenvalue weighted by molar-refractivity contribution is 6.02. The number of hydrogen-bond acceptors (Lipinski definition) is 6. The van der Waals surface area contributed by atoms with E-state index in [1.165, 1.54) is 14.2 Å². The Morgan fingerprint density at radius 2 is 1.95 bits per heavy atom. The third-order valence-corrected chi connectivity index (χ3v) is 5.02. The summed E-state index contributed by atoms with van der Waals surface area (Å²) < 4.78 is 9.90. The van der Waals surface area contributed by atoms with Crippen LogP contribution in [0.3, 0.4) is 0 Å². The van der Waals surface area contributed by atoms with Crippen LogP contribution in [0.2, 0.25) is 0 Å². The number of oxime groups is 1. The van der Waals surface area contributed by atoms with Gasteiger partial charge >= 0.3 is 11.9 Å². The van der Waals surface area contributed by atoms with Crippen LogP contribution in [0.1, 0.15) is 32.1 Å². The lowest BCUT2D eigenvalue weighted by atomic mass is 9.68. The fraction of sp³-hybridized carbons (Fsp3) is 0.786. The van der Waals surface area contributed by atoms with Crippen molar-refractivity contribution in [2.45, 2.75) is 38.2 Å². The minimum atomic E-state index is -1.20. The molecule has 6 nitrogen and oxygen atoms in total. The van der Waals surface area contributed by atoms with E-state index in [0.29, 0.717) is 12.8 Å². The van der Waals surface area contributed by atoms with E-state index in [-0.39, 0.29) is 17.9 Å². The molecule has 2 aliphatic carbocycles. The first-order valence-corrected chi connectivity index (χ1v) is 7.04. The molecule has 2 fully saturated rings. The van der Waals surface area contributed by atoms with Crippen LogP contribution >= 0.6 is 0 Å². The average Bonchev–Trinajstić information content (AvgIpc) is 3.00. The van der Waals surface area contributed by atoms with Crippen molar-refractivity contribution in [3.05, 3.63) is 0 Å². The lowest BCUT2D eigenvalue weighted by Gasteiger charge is -2.34. The summed E-state index contributed by atoms with van der Waals surface area (Å²) in [4.78, 5) is 30.3. The average molecular weight is 281 g/mol. The SMILES string of the molecule is COC(=O)C1(C(=O)OC)CCCC2=NOC3CCC1C23. The van der Waals surface area contributed by atoms with Crippen molar-refractivity contribution in [2.75, 3.05) is 14.2 Å². The van der Waals surface area contributed by atoms with E-state index in [4.69, 9.17) is 14.3 Å². The Kier molecular flexibility index (Phi) is 3.18. The topological polar surface area (TPSA) is 74.2 Å². The summed E-state index contributed by atoms with van der Waals surface area (Å²) in [6.45, 7) is 0. The third-order valence-electron chi connectivity index (χ3n) is 5.02. The number of hydrogen-bond donors (Lipinski definition) is 0. The van der Waals surface area contributed by atoms with Gasteiger partial charge in [0.15, 0.2) is 5.41 Å². The molecule has 0 aromatic heterocycles. The summed E-state index contributed by atoms with van der Waals surface area (Å²) in [5.41, 5.74) is -0.208. The van der Waals surface area contributed by atoms with Crippen molar-refractivity contribution >= 4 is 17.7 Å². The predicted octanol–water partition coefficient (Wildman–Crippen LogP) is 1.28. The van der Waals surface area contributed by atoms with Crippen LogP contribution in [-0.2, 0) is 23.9 Å². The molecule has 0 radical (unpaired) electrons. The van der Waals surface area contributed by atoms with E-state index >= 15 is 0 Å². The standard InChI is InChI=1S/C14H19NO5/c1-18-12(16)14(13(17)19-2)7-3-4-9-11-8(14)5-6-10(11)20-15-9/h8,10-11H,3-7H2,1-2H3. The fourth-order valence-corrected chi connectivity index (χ4v) is 4.18. The quantitative estimate of drug-likeness (QED) is 0.563. The van der Waals surface area contributed by atoms with Crippen LogP contribution in [0, 0.1) is 17.3 Å². The van der Waals surface area contributed by atoms with Crippen LogP contribution in [0.25, 0.3) is 0 Å². The van der Waals surface area contributed by atoms with E-state index in [9.17, 15) is 9.59 Å². The minimum absolute atomic E-state index is 0.00165. The highest BCUT2D eigenvalue weighted by atomic mass is 16.6. The molecule has 3 unspecified atom stereocenters. The molecule has 3 aliphatic rings. The minimum Gasteiger partial charge on any atom is -0.468 e. The molecule has 3 atom stereocenters. The number of esters is 2. The lowest BCUT2D eigenvalue weighted by Crippen LogP contribution is -2.48. The highest BCUT2D eigenvalue weighted by Gasteiger charge is 2.63. The summed E-state index contributed by atoms with van der Waals surface area (Å²) in [5.74, 6) is -1.04. The zero-order valence-corrected chi connectivity index (χ0v) is 11.8. The monoisotopic (exact) mass is 281 g/mol. The lowest BCUT2D eigenvalue weighted by molar-refractivity contribution is -0.175. The van der Waals surface area contributed by atoms with E-state index in [1.54, 1.807) is 0 Å². The second kappa shape index (κ2) is 4.75. The Morgan fingerprint density at radius 1 is 1.25 bits per heavy atom. The molecule has 0 N–H and O–H groups in total. The Morgan fingerprint density at radius 3 is 2.60 bits per heavy atom. The van der Waals surface area contributed by atoms with Gasteiger partial charge in [-0.05, 0) is 38.0 Å². The highest BCUT2D eigenvalue weighted by Crippen LogP contribution is 2.53. The molecular weight excluding hydrogens is 262 g/mol. The third kappa shape index (κ3) is 1.60. The normalized spacial score (nSPS) is 33.5. The second-order valence-corrected chi connectivity index (χ2v) is 5.74. The van der Waals surface area contributed by atoms with E-state index in [2.05, 4.69) is 5.16 Å². The molecule has 0 saturated heterocycles. The number of carbonyl (C=O) groups is 2. The van der Waals surface area contributed by atoms with Gasteiger partial charge in [-0.2, -0.15) is 0 Å².